The van der Waals surface area contributed by atoms with Crippen molar-refractivity contribution in [3.63, 3.8) is 0 Å². The van der Waals surface area contributed by atoms with Crippen molar-refractivity contribution < 1.29 is 9.59 Å². The molecule has 8 heteroatoms. The first-order chi connectivity index (χ1) is 16.8. The number of anilines is 1. The van der Waals surface area contributed by atoms with Gasteiger partial charge in [0.1, 0.15) is 6.54 Å². The Morgan fingerprint density at radius 1 is 0.914 bits per heavy atom. The number of hydrogen-bond donors (Lipinski definition) is 0. The molecule has 35 heavy (non-hydrogen) atoms. The van der Waals surface area contributed by atoms with E-state index in [2.05, 4.69) is 34.2 Å². The van der Waals surface area contributed by atoms with E-state index in [1.165, 1.54) is 5.56 Å². The molecule has 2 heterocycles. The van der Waals surface area contributed by atoms with Crippen molar-refractivity contribution >= 4 is 29.2 Å². The average Bonchev–Trinajstić information content (AvgIpc) is 2.88. The number of halogens is 1. The Hall–Kier alpha value is -3.45. The van der Waals surface area contributed by atoms with Crippen LogP contribution in [0.15, 0.2) is 60.7 Å². The highest BCUT2D eigenvalue weighted by molar-refractivity contribution is 6.30. The summed E-state index contributed by atoms with van der Waals surface area (Å²) in [6, 6.07) is 18.8. The Morgan fingerprint density at radius 2 is 1.57 bits per heavy atom. The van der Waals surface area contributed by atoms with Crippen molar-refractivity contribution in [3.8, 4) is 11.3 Å². The predicted molar refractivity (Wildman–Crippen MR) is 139 cm³/mol. The van der Waals surface area contributed by atoms with Crippen molar-refractivity contribution in [2.75, 3.05) is 37.6 Å². The number of aryl methyl sites for hydroxylation is 1. The van der Waals surface area contributed by atoms with Gasteiger partial charge in [-0.3, -0.25) is 9.59 Å². The first-order valence-electron chi connectivity index (χ1n) is 11.8. The third kappa shape index (κ3) is 5.98. The molecule has 1 aromatic heterocycles. The monoisotopic (exact) mass is 491 g/mol. The van der Waals surface area contributed by atoms with E-state index in [4.69, 9.17) is 11.6 Å². The van der Waals surface area contributed by atoms with Crippen LogP contribution in [0.25, 0.3) is 11.3 Å². The minimum Gasteiger partial charge on any atom is -0.352 e. The SMILES string of the molecule is Cc1ccc(-c2ccc(N3CCN(C(=O)CN(C(=O)c4ccc(Cl)cc4)C(C)C)CC3)nn2)cc1. The van der Waals surface area contributed by atoms with Gasteiger partial charge in [-0.15, -0.1) is 10.2 Å². The molecular formula is C27H30ClN5O2. The number of carbonyl (C=O) groups excluding carboxylic acids is 2. The van der Waals surface area contributed by atoms with Gasteiger partial charge in [-0.1, -0.05) is 41.4 Å². The molecule has 1 saturated heterocycles. The van der Waals surface area contributed by atoms with E-state index in [1.807, 2.05) is 43.0 Å². The Labute approximate surface area is 211 Å². The topological polar surface area (TPSA) is 69.6 Å². The number of amides is 2. The van der Waals surface area contributed by atoms with Gasteiger partial charge >= 0.3 is 0 Å². The molecule has 1 aliphatic heterocycles. The van der Waals surface area contributed by atoms with Crippen molar-refractivity contribution in [1.82, 2.24) is 20.0 Å². The largest absolute Gasteiger partial charge is 0.352 e. The van der Waals surface area contributed by atoms with Crippen LogP contribution in [0.5, 0.6) is 0 Å². The molecule has 1 fully saturated rings. The normalized spacial score (nSPS) is 13.7. The van der Waals surface area contributed by atoms with Gasteiger partial charge in [-0.2, -0.15) is 0 Å². The zero-order valence-corrected chi connectivity index (χ0v) is 21.1. The molecule has 0 N–H and O–H groups in total. The fraction of sp³-hybridized carbons (Fsp3) is 0.333. The van der Waals surface area contributed by atoms with Crippen LogP contribution in [0.3, 0.4) is 0 Å². The highest BCUT2D eigenvalue weighted by Gasteiger charge is 2.27. The Balaban J connectivity index is 1.34. The molecule has 0 aliphatic carbocycles. The summed E-state index contributed by atoms with van der Waals surface area (Å²) in [5, 5.41) is 9.38. The second-order valence-corrected chi connectivity index (χ2v) is 9.48. The van der Waals surface area contributed by atoms with E-state index >= 15 is 0 Å². The van der Waals surface area contributed by atoms with Crippen LogP contribution in [0, 0.1) is 6.92 Å². The maximum atomic E-state index is 13.0. The maximum absolute atomic E-state index is 13.0. The number of nitrogens with zero attached hydrogens (tertiary/aromatic N) is 5. The van der Waals surface area contributed by atoms with Crippen molar-refractivity contribution in [3.05, 3.63) is 76.8 Å². The molecule has 7 nitrogen and oxygen atoms in total. The molecule has 1 aliphatic rings. The summed E-state index contributed by atoms with van der Waals surface area (Å²) in [7, 11) is 0. The molecule has 2 aromatic carbocycles. The summed E-state index contributed by atoms with van der Waals surface area (Å²) in [4.78, 5) is 31.6. The minimum atomic E-state index is -0.174. The smallest absolute Gasteiger partial charge is 0.254 e. The molecule has 3 aromatic rings. The quantitative estimate of drug-likeness (QED) is 0.514. The molecule has 0 bridgehead atoms. The van der Waals surface area contributed by atoms with Gasteiger partial charge in [0, 0.05) is 48.4 Å². The van der Waals surface area contributed by atoms with Crippen molar-refractivity contribution in [1.29, 1.82) is 0 Å². The highest BCUT2D eigenvalue weighted by Crippen LogP contribution is 2.20. The number of piperazine rings is 1. The summed E-state index contributed by atoms with van der Waals surface area (Å²) in [5.74, 6) is 0.573. The van der Waals surface area contributed by atoms with Crippen LogP contribution < -0.4 is 4.90 Å². The van der Waals surface area contributed by atoms with Crippen LogP contribution in [0.2, 0.25) is 5.02 Å². The number of rotatable bonds is 6. The Morgan fingerprint density at radius 3 is 2.14 bits per heavy atom. The van der Waals surface area contributed by atoms with E-state index in [-0.39, 0.29) is 24.4 Å². The molecule has 182 valence electrons. The molecule has 2 amide bonds. The summed E-state index contributed by atoms with van der Waals surface area (Å²) in [5.41, 5.74) is 3.60. The number of carbonyl (C=O) groups is 2. The average molecular weight is 492 g/mol. The Bertz CT molecular complexity index is 1160. The van der Waals surface area contributed by atoms with Gasteiger partial charge in [0.15, 0.2) is 5.82 Å². The van der Waals surface area contributed by atoms with Crippen molar-refractivity contribution in [2.24, 2.45) is 0 Å². The lowest BCUT2D eigenvalue weighted by molar-refractivity contribution is -0.132. The molecular weight excluding hydrogens is 462 g/mol. The molecule has 0 spiro atoms. The first-order valence-corrected chi connectivity index (χ1v) is 12.2. The van der Waals surface area contributed by atoms with E-state index in [0.29, 0.717) is 36.8 Å². The first kappa shape index (κ1) is 24.7. The summed E-state index contributed by atoms with van der Waals surface area (Å²) in [6.45, 7) is 8.40. The third-order valence-corrected chi connectivity index (χ3v) is 6.49. The van der Waals surface area contributed by atoms with Crippen LogP contribution >= 0.6 is 11.6 Å². The molecule has 0 saturated carbocycles. The van der Waals surface area contributed by atoms with Gasteiger partial charge in [-0.25, -0.2) is 0 Å². The van der Waals surface area contributed by atoms with E-state index in [1.54, 1.807) is 29.2 Å². The maximum Gasteiger partial charge on any atom is 0.254 e. The number of hydrogen-bond acceptors (Lipinski definition) is 5. The minimum absolute atomic E-state index is 0.0458. The zero-order chi connectivity index (χ0) is 24.9. The Kier molecular flexibility index (Phi) is 7.66. The number of aromatic nitrogens is 2. The standard InChI is InChI=1S/C27H30ClN5O2/c1-19(2)33(27(35)22-8-10-23(28)11-9-22)18-26(34)32-16-14-31(15-17-32)25-13-12-24(29-30-25)21-6-4-20(3)5-7-21/h4-13,19H,14-18H2,1-3H3. The molecule has 0 radical (unpaired) electrons. The van der Waals surface area contributed by atoms with Gasteiger partial charge < -0.3 is 14.7 Å². The molecule has 4 rings (SSSR count). The van der Waals surface area contributed by atoms with Gasteiger partial charge in [-0.05, 0) is 57.2 Å². The van der Waals surface area contributed by atoms with Crippen LogP contribution in [0.1, 0.15) is 29.8 Å². The number of benzene rings is 2. The zero-order valence-electron chi connectivity index (χ0n) is 20.3. The van der Waals surface area contributed by atoms with E-state index < -0.39 is 0 Å². The fourth-order valence-corrected chi connectivity index (χ4v) is 4.18. The summed E-state index contributed by atoms with van der Waals surface area (Å²) < 4.78 is 0. The second kappa shape index (κ2) is 10.9. The fourth-order valence-electron chi connectivity index (χ4n) is 4.05. The van der Waals surface area contributed by atoms with Crippen LogP contribution in [0.4, 0.5) is 5.82 Å². The lowest BCUT2D eigenvalue weighted by Gasteiger charge is -2.36. The van der Waals surface area contributed by atoms with Gasteiger partial charge in [0.25, 0.3) is 5.91 Å². The summed E-state index contributed by atoms with van der Waals surface area (Å²) >= 11 is 5.94. The third-order valence-electron chi connectivity index (χ3n) is 6.24. The second-order valence-electron chi connectivity index (χ2n) is 9.04. The molecule has 0 unspecified atom stereocenters. The van der Waals surface area contributed by atoms with Crippen molar-refractivity contribution in [2.45, 2.75) is 26.8 Å². The summed E-state index contributed by atoms with van der Waals surface area (Å²) in [6.07, 6.45) is 0. The lowest BCUT2D eigenvalue weighted by Crippen LogP contribution is -2.53. The lowest BCUT2D eigenvalue weighted by atomic mass is 10.1. The van der Waals surface area contributed by atoms with E-state index in [9.17, 15) is 9.59 Å². The van der Waals surface area contributed by atoms with Crippen LogP contribution in [-0.4, -0.2) is 70.6 Å². The van der Waals surface area contributed by atoms with Crippen LogP contribution in [-0.2, 0) is 4.79 Å². The molecule has 0 atom stereocenters. The highest BCUT2D eigenvalue weighted by atomic mass is 35.5. The van der Waals surface area contributed by atoms with E-state index in [0.717, 1.165) is 17.1 Å². The van der Waals surface area contributed by atoms with Gasteiger partial charge in [0.05, 0.1) is 5.69 Å². The predicted octanol–water partition coefficient (Wildman–Crippen LogP) is 4.30. The van der Waals surface area contributed by atoms with Gasteiger partial charge in [0.2, 0.25) is 5.91 Å².